The Morgan fingerprint density at radius 1 is 1.03 bits per heavy atom. The van der Waals surface area contributed by atoms with Crippen molar-refractivity contribution >= 4 is 40.1 Å². The van der Waals surface area contributed by atoms with Crippen molar-refractivity contribution in [2.24, 2.45) is 5.92 Å². The summed E-state index contributed by atoms with van der Waals surface area (Å²) in [5.74, 6) is -1.73. The first-order valence-electron chi connectivity index (χ1n) is 10.4. The van der Waals surface area contributed by atoms with Crippen molar-refractivity contribution in [1.82, 2.24) is 5.32 Å². The second-order valence-electron chi connectivity index (χ2n) is 7.36. The van der Waals surface area contributed by atoms with E-state index in [0.29, 0.717) is 22.9 Å². The summed E-state index contributed by atoms with van der Waals surface area (Å²) in [6.07, 6.45) is 1.04. The van der Waals surface area contributed by atoms with E-state index in [1.165, 1.54) is 11.3 Å². The highest BCUT2D eigenvalue weighted by atomic mass is 32.1. The number of hydrogen-bond acceptors (Lipinski definition) is 7. The highest BCUT2D eigenvalue weighted by Crippen LogP contribution is 2.36. The van der Waals surface area contributed by atoms with Crippen LogP contribution in [-0.2, 0) is 23.9 Å². The molecule has 0 atom stereocenters. The van der Waals surface area contributed by atoms with E-state index in [-0.39, 0.29) is 24.6 Å². The number of anilines is 1. The van der Waals surface area contributed by atoms with Gasteiger partial charge >= 0.3 is 11.9 Å². The van der Waals surface area contributed by atoms with Gasteiger partial charge in [-0.2, -0.15) is 0 Å². The van der Waals surface area contributed by atoms with Crippen molar-refractivity contribution in [3.63, 3.8) is 0 Å². The SMILES string of the molecule is CCOC(=O)c1c(-c2ccccc2)csc1NC(=O)COC(=O)CNC(=O)CCC(C)C. The normalized spacial score (nSPS) is 10.5. The van der Waals surface area contributed by atoms with Crippen molar-refractivity contribution < 1.29 is 28.7 Å². The van der Waals surface area contributed by atoms with E-state index in [4.69, 9.17) is 9.47 Å². The van der Waals surface area contributed by atoms with E-state index >= 15 is 0 Å². The van der Waals surface area contributed by atoms with E-state index in [1.807, 2.05) is 44.2 Å². The summed E-state index contributed by atoms with van der Waals surface area (Å²) in [6.45, 7) is 5.05. The zero-order chi connectivity index (χ0) is 23.5. The van der Waals surface area contributed by atoms with Gasteiger partial charge in [-0.15, -0.1) is 11.3 Å². The van der Waals surface area contributed by atoms with Crippen molar-refractivity contribution in [2.75, 3.05) is 25.1 Å². The molecule has 32 heavy (non-hydrogen) atoms. The number of benzene rings is 1. The lowest BCUT2D eigenvalue weighted by atomic mass is 10.0. The molecule has 0 aliphatic carbocycles. The summed E-state index contributed by atoms with van der Waals surface area (Å²) in [5.41, 5.74) is 1.71. The number of thiophene rings is 1. The van der Waals surface area contributed by atoms with Gasteiger partial charge in [0.2, 0.25) is 5.91 Å². The molecule has 0 aliphatic heterocycles. The van der Waals surface area contributed by atoms with E-state index < -0.39 is 24.5 Å². The molecule has 0 bridgehead atoms. The standard InChI is InChI=1S/C23H28N2O6S/c1-4-30-23(29)21-17(16-8-6-5-7-9-16)14-32-22(21)25-19(27)13-31-20(28)12-24-18(26)11-10-15(2)3/h5-9,14-15H,4,10-13H2,1-3H3,(H,24,26)(H,25,27). The van der Waals surface area contributed by atoms with Gasteiger partial charge in [-0.05, 0) is 24.8 Å². The van der Waals surface area contributed by atoms with Crippen LogP contribution in [0.4, 0.5) is 5.00 Å². The van der Waals surface area contributed by atoms with Gasteiger partial charge in [0.15, 0.2) is 6.61 Å². The second-order valence-corrected chi connectivity index (χ2v) is 8.24. The summed E-state index contributed by atoms with van der Waals surface area (Å²) < 4.78 is 10.1. The van der Waals surface area contributed by atoms with Gasteiger partial charge in [-0.25, -0.2) is 4.79 Å². The molecular formula is C23H28N2O6S. The molecule has 2 rings (SSSR count). The fourth-order valence-electron chi connectivity index (χ4n) is 2.72. The van der Waals surface area contributed by atoms with Crippen LogP contribution in [0.15, 0.2) is 35.7 Å². The van der Waals surface area contributed by atoms with E-state index in [1.54, 1.807) is 12.3 Å². The third kappa shape index (κ3) is 7.81. The number of carbonyl (C=O) groups is 4. The summed E-state index contributed by atoms with van der Waals surface area (Å²) in [7, 11) is 0. The maximum absolute atomic E-state index is 12.5. The molecular weight excluding hydrogens is 432 g/mol. The quantitative estimate of drug-likeness (QED) is 0.496. The minimum Gasteiger partial charge on any atom is -0.462 e. The van der Waals surface area contributed by atoms with Gasteiger partial charge in [0.25, 0.3) is 5.91 Å². The number of amides is 2. The molecule has 0 saturated carbocycles. The predicted octanol–water partition coefficient (Wildman–Crippen LogP) is 3.63. The maximum Gasteiger partial charge on any atom is 0.341 e. The summed E-state index contributed by atoms with van der Waals surface area (Å²) in [6, 6.07) is 9.27. The van der Waals surface area contributed by atoms with Gasteiger partial charge in [0.05, 0.1) is 6.61 Å². The lowest BCUT2D eigenvalue weighted by molar-refractivity contribution is -0.147. The van der Waals surface area contributed by atoms with E-state index in [2.05, 4.69) is 10.6 Å². The molecule has 1 aromatic carbocycles. The fourth-order valence-corrected chi connectivity index (χ4v) is 3.70. The zero-order valence-corrected chi connectivity index (χ0v) is 19.3. The Bertz CT molecular complexity index is 939. The lowest BCUT2D eigenvalue weighted by Crippen LogP contribution is -2.32. The first kappa shape index (κ1) is 25.1. The van der Waals surface area contributed by atoms with Crippen LogP contribution in [0.1, 0.15) is 44.0 Å². The third-order valence-corrected chi connectivity index (χ3v) is 5.25. The second kappa shape index (κ2) is 12.6. The summed E-state index contributed by atoms with van der Waals surface area (Å²) in [5, 5.41) is 7.14. The zero-order valence-electron chi connectivity index (χ0n) is 18.4. The maximum atomic E-state index is 12.5. The summed E-state index contributed by atoms with van der Waals surface area (Å²) in [4.78, 5) is 48.3. The third-order valence-electron chi connectivity index (χ3n) is 4.35. The van der Waals surface area contributed by atoms with Crippen LogP contribution in [0.2, 0.25) is 0 Å². The molecule has 8 nitrogen and oxygen atoms in total. The van der Waals surface area contributed by atoms with Gasteiger partial charge in [-0.1, -0.05) is 44.2 Å². The Morgan fingerprint density at radius 3 is 2.41 bits per heavy atom. The number of esters is 2. The van der Waals surface area contributed by atoms with Crippen LogP contribution in [-0.4, -0.2) is 43.5 Å². The van der Waals surface area contributed by atoms with Gasteiger partial charge in [0.1, 0.15) is 17.1 Å². The van der Waals surface area contributed by atoms with E-state index in [0.717, 1.165) is 12.0 Å². The lowest BCUT2D eigenvalue weighted by Gasteiger charge is -2.10. The Morgan fingerprint density at radius 2 is 1.75 bits per heavy atom. The van der Waals surface area contributed by atoms with Gasteiger partial charge in [0, 0.05) is 17.4 Å². The van der Waals surface area contributed by atoms with Gasteiger partial charge < -0.3 is 20.1 Å². The highest BCUT2D eigenvalue weighted by molar-refractivity contribution is 7.15. The molecule has 2 aromatic rings. The molecule has 172 valence electrons. The van der Waals surface area contributed by atoms with Crippen molar-refractivity contribution in [2.45, 2.75) is 33.6 Å². The Hall–Kier alpha value is -3.20. The fraction of sp³-hybridized carbons (Fsp3) is 0.391. The van der Waals surface area contributed by atoms with Crippen molar-refractivity contribution in [3.05, 3.63) is 41.3 Å². The minimum atomic E-state index is -0.722. The van der Waals surface area contributed by atoms with Crippen LogP contribution < -0.4 is 10.6 Å². The topological polar surface area (TPSA) is 111 Å². The smallest absolute Gasteiger partial charge is 0.341 e. The number of hydrogen-bond donors (Lipinski definition) is 2. The highest BCUT2D eigenvalue weighted by Gasteiger charge is 2.23. The van der Waals surface area contributed by atoms with Crippen LogP contribution in [0.5, 0.6) is 0 Å². The average Bonchev–Trinajstić information content (AvgIpc) is 3.19. The van der Waals surface area contributed by atoms with Crippen molar-refractivity contribution in [3.8, 4) is 11.1 Å². The first-order chi connectivity index (χ1) is 15.3. The van der Waals surface area contributed by atoms with Crippen LogP contribution in [0, 0.1) is 5.92 Å². The predicted molar refractivity (Wildman–Crippen MR) is 122 cm³/mol. The average molecular weight is 461 g/mol. The first-order valence-corrected chi connectivity index (χ1v) is 11.3. The molecule has 9 heteroatoms. The Kier molecular flexibility index (Phi) is 9.87. The molecule has 0 aliphatic rings. The van der Waals surface area contributed by atoms with Gasteiger partial charge in [-0.3, -0.25) is 14.4 Å². The number of nitrogens with one attached hydrogen (secondary N) is 2. The Balaban J connectivity index is 1.95. The van der Waals surface area contributed by atoms with Crippen LogP contribution in [0.3, 0.4) is 0 Å². The molecule has 0 radical (unpaired) electrons. The Labute approximate surface area is 191 Å². The van der Waals surface area contributed by atoms with E-state index in [9.17, 15) is 19.2 Å². The largest absolute Gasteiger partial charge is 0.462 e. The molecule has 0 fully saturated rings. The molecule has 0 spiro atoms. The molecule has 0 unspecified atom stereocenters. The van der Waals surface area contributed by atoms with Crippen molar-refractivity contribution in [1.29, 1.82) is 0 Å². The molecule has 1 heterocycles. The number of rotatable bonds is 11. The minimum absolute atomic E-state index is 0.191. The molecule has 1 aromatic heterocycles. The number of carbonyl (C=O) groups excluding carboxylic acids is 4. The molecule has 0 saturated heterocycles. The number of ether oxygens (including phenoxy) is 2. The van der Waals surface area contributed by atoms with Crippen LogP contribution >= 0.6 is 11.3 Å². The molecule has 2 N–H and O–H groups in total. The monoisotopic (exact) mass is 460 g/mol. The molecule has 2 amide bonds. The summed E-state index contributed by atoms with van der Waals surface area (Å²) >= 11 is 1.18. The van der Waals surface area contributed by atoms with Crippen LogP contribution in [0.25, 0.3) is 11.1 Å².